The summed E-state index contributed by atoms with van der Waals surface area (Å²) >= 11 is 5.72. The molecule has 20 heavy (non-hydrogen) atoms. The molecule has 0 N–H and O–H groups in total. The monoisotopic (exact) mass is 299 g/mol. The molecule has 0 aliphatic heterocycles. The molecule has 0 aliphatic carbocycles. The van der Waals surface area contributed by atoms with Crippen molar-refractivity contribution >= 4 is 38.5 Å². The van der Waals surface area contributed by atoms with Crippen LogP contribution in [-0.4, -0.2) is 14.3 Å². The Kier molecular flexibility index (Phi) is 8.34. The summed E-state index contributed by atoms with van der Waals surface area (Å²) < 4.78 is 0. The molecule has 0 aromatic heterocycles. The van der Waals surface area contributed by atoms with Crippen LogP contribution >= 0.6 is 19.5 Å². The zero-order valence-corrected chi connectivity index (χ0v) is 13.1. The zero-order valence-electron chi connectivity index (χ0n) is 11.5. The van der Waals surface area contributed by atoms with E-state index in [4.69, 9.17) is 11.6 Å². The fraction of sp³-hybridized carbons (Fsp3) is 0.176. The van der Waals surface area contributed by atoms with Gasteiger partial charge in [-0.1, -0.05) is 72.6 Å². The molecular formula is C17H18BClP. The molecule has 0 aliphatic rings. The molecule has 0 amide bonds. The second-order valence-corrected chi connectivity index (χ2v) is 6.71. The molecule has 3 heteroatoms. The minimum Gasteiger partial charge on any atom is -0.127 e. The lowest BCUT2D eigenvalue weighted by Crippen LogP contribution is -2.09. The van der Waals surface area contributed by atoms with E-state index in [1.807, 2.05) is 0 Å². The SMILES string of the molecule is ClCCC/C=C\P(c1ccccc1)c1ccccc1.[B]. The van der Waals surface area contributed by atoms with Crippen molar-refractivity contribution < 1.29 is 0 Å². The topological polar surface area (TPSA) is 0 Å². The predicted molar refractivity (Wildman–Crippen MR) is 93.9 cm³/mol. The summed E-state index contributed by atoms with van der Waals surface area (Å²) in [5.41, 5.74) is 0. The van der Waals surface area contributed by atoms with Gasteiger partial charge in [-0.15, -0.1) is 11.6 Å². The van der Waals surface area contributed by atoms with Crippen LogP contribution in [0.2, 0.25) is 0 Å². The third-order valence-electron chi connectivity index (χ3n) is 2.83. The molecule has 0 saturated carbocycles. The number of unbranched alkanes of at least 4 members (excludes halogenated alkanes) is 1. The molecule has 0 spiro atoms. The van der Waals surface area contributed by atoms with Crippen molar-refractivity contribution in [3.8, 4) is 0 Å². The highest BCUT2D eigenvalue weighted by Crippen LogP contribution is 2.35. The first-order valence-electron chi connectivity index (χ1n) is 6.54. The van der Waals surface area contributed by atoms with E-state index >= 15 is 0 Å². The fourth-order valence-corrected chi connectivity index (χ4v) is 4.02. The largest absolute Gasteiger partial charge is 0.127 e. The first-order valence-corrected chi connectivity index (χ1v) is 8.48. The van der Waals surface area contributed by atoms with Crippen molar-refractivity contribution in [1.29, 1.82) is 0 Å². The van der Waals surface area contributed by atoms with E-state index in [1.165, 1.54) is 10.6 Å². The fourth-order valence-electron chi connectivity index (χ4n) is 1.87. The number of hydrogen-bond acceptors (Lipinski definition) is 0. The van der Waals surface area contributed by atoms with Crippen LogP contribution in [0, 0.1) is 0 Å². The quantitative estimate of drug-likeness (QED) is 0.323. The number of alkyl halides is 1. The van der Waals surface area contributed by atoms with E-state index in [1.54, 1.807) is 0 Å². The lowest BCUT2D eigenvalue weighted by molar-refractivity contribution is 0.968. The van der Waals surface area contributed by atoms with Crippen LogP contribution in [-0.2, 0) is 0 Å². The van der Waals surface area contributed by atoms with Crippen molar-refractivity contribution in [3.05, 3.63) is 72.6 Å². The van der Waals surface area contributed by atoms with E-state index < -0.39 is 7.92 Å². The van der Waals surface area contributed by atoms with E-state index in [9.17, 15) is 0 Å². The highest BCUT2D eigenvalue weighted by molar-refractivity contribution is 7.75. The van der Waals surface area contributed by atoms with Crippen LogP contribution < -0.4 is 10.6 Å². The van der Waals surface area contributed by atoms with E-state index in [0.717, 1.165) is 18.7 Å². The van der Waals surface area contributed by atoms with Gasteiger partial charge in [-0.25, -0.2) is 0 Å². The molecule has 0 unspecified atom stereocenters. The average molecular weight is 300 g/mol. The highest BCUT2D eigenvalue weighted by Gasteiger charge is 2.08. The normalized spacial score (nSPS) is 10.7. The smallest absolute Gasteiger partial charge is 0.0226 e. The Bertz CT molecular complexity index is 459. The van der Waals surface area contributed by atoms with Crippen molar-refractivity contribution in [1.82, 2.24) is 0 Å². The molecule has 0 fully saturated rings. The summed E-state index contributed by atoms with van der Waals surface area (Å²) in [6.07, 6.45) is 4.38. The van der Waals surface area contributed by atoms with Crippen molar-refractivity contribution in [2.45, 2.75) is 12.8 Å². The van der Waals surface area contributed by atoms with Crippen LogP contribution in [0.3, 0.4) is 0 Å². The Morgan fingerprint density at radius 2 is 1.35 bits per heavy atom. The predicted octanol–water partition coefficient (Wildman–Crippen LogP) is 4.27. The Balaban J connectivity index is 0.00000200. The average Bonchev–Trinajstić information content (AvgIpc) is 2.49. The number of allylic oxidation sites excluding steroid dienone is 1. The maximum absolute atomic E-state index is 5.72. The van der Waals surface area contributed by atoms with Crippen molar-refractivity contribution in [3.63, 3.8) is 0 Å². The van der Waals surface area contributed by atoms with Crippen molar-refractivity contribution in [2.75, 3.05) is 5.88 Å². The molecule has 2 rings (SSSR count). The summed E-state index contributed by atoms with van der Waals surface area (Å²) in [4.78, 5) is 0. The lowest BCUT2D eigenvalue weighted by atomic mass is 10.3. The maximum atomic E-state index is 5.72. The third-order valence-corrected chi connectivity index (χ3v) is 5.31. The van der Waals surface area contributed by atoms with E-state index in [-0.39, 0.29) is 8.41 Å². The van der Waals surface area contributed by atoms with E-state index in [2.05, 4.69) is 72.6 Å². The van der Waals surface area contributed by atoms with Crippen LogP contribution in [0.25, 0.3) is 0 Å². The minimum atomic E-state index is -0.391. The van der Waals surface area contributed by atoms with Crippen LogP contribution in [0.5, 0.6) is 0 Å². The molecular weight excluding hydrogens is 281 g/mol. The summed E-state index contributed by atoms with van der Waals surface area (Å²) in [5.74, 6) is 3.09. The van der Waals surface area contributed by atoms with Gasteiger partial charge in [-0.2, -0.15) is 0 Å². The molecule has 0 nitrogen and oxygen atoms in total. The minimum absolute atomic E-state index is 0. The molecule has 0 atom stereocenters. The van der Waals surface area contributed by atoms with Gasteiger partial charge in [0.05, 0.1) is 0 Å². The maximum Gasteiger partial charge on any atom is 0.0226 e. The first-order chi connectivity index (χ1) is 9.42. The second-order valence-electron chi connectivity index (χ2n) is 4.26. The summed E-state index contributed by atoms with van der Waals surface area (Å²) in [6.45, 7) is 0. The Morgan fingerprint density at radius 3 is 1.80 bits per heavy atom. The Labute approximate surface area is 130 Å². The van der Waals surface area contributed by atoms with Gasteiger partial charge in [-0.05, 0) is 31.4 Å². The lowest BCUT2D eigenvalue weighted by Gasteiger charge is -2.14. The molecule has 2 aromatic carbocycles. The Morgan fingerprint density at radius 1 is 0.850 bits per heavy atom. The van der Waals surface area contributed by atoms with Gasteiger partial charge < -0.3 is 0 Å². The van der Waals surface area contributed by atoms with E-state index in [0.29, 0.717) is 0 Å². The molecule has 0 heterocycles. The summed E-state index contributed by atoms with van der Waals surface area (Å²) in [7, 11) is -0.391. The number of benzene rings is 2. The van der Waals surface area contributed by atoms with Gasteiger partial charge in [0, 0.05) is 14.3 Å². The molecule has 0 saturated heterocycles. The summed E-state index contributed by atoms with van der Waals surface area (Å²) in [5, 5.41) is 2.79. The van der Waals surface area contributed by atoms with Crippen LogP contribution in [0.1, 0.15) is 12.8 Å². The van der Waals surface area contributed by atoms with Crippen LogP contribution in [0.15, 0.2) is 72.6 Å². The molecule has 3 radical (unpaired) electrons. The van der Waals surface area contributed by atoms with Gasteiger partial charge in [0.15, 0.2) is 0 Å². The van der Waals surface area contributed by atoms with Gasteiger partial charge >= 0.3 is 0 Å². The first kappa shape index (κ1) is 17.0. The summed E-state index contributed by atoms with van der Waals surface area (Å²) in [6, 6.07) is 21.4. The Hall–Kier alpha value is -1.04. The van der Waals surface area contributed by atoms with Crippen molar-refractivity contribution in [2.24, 2.45) is 0 Å². The van der Waals surface area contributed by atoms with Gasteiger partial charge in [0.25, 0.3) is 0 Å². The highest BCUT2D eigenvalue weighted by atomic mass is 35.5. The van der Waals surface area contributed by atoms with Gasteiger partial charge in [-0.3, -0.25) is 0 Å². The molecule has 2 aromatic rings. The van der Waals surface area contributed by atoms with Crippen LogP contribution in [0.4, 0.5) is 0 Å². The molecule has 0 bridgehead atoms. The van der Waals surface area contributed by atoms with Gasteiger partial charge in [0.1, 0.15) is 0 Å². The number of rotatable bonds is 6. The molecule has 101 valence electrons. The number of hydrogen-bond donors (Lipinski definition) is 0. The third kappa shape index (κ3) is 5.15. The number of halogens is 1. The standard InChI is InChI=1S/C17H18ClP.B/c18-14-8-3-9-15-19(16-10-4-1-5-11-16)17-12-6-2-7-13-17;/h1-2,4-7,9-13,15H,3,8,14H2;/b15-9-;. The van der Waals surface area contributed by atoms with Gasteiger partial charge in [0.2, 0.25) is 0 Å². The zero-order chi connectivity index (χ0) is 13.3. The second kappa shape index (κ2) is 9.80.